The first-order valence-electron chi connectivity index (χ1n) is 5.33. The molecule has 0 saturated carbocycles. The van der Waals surface area contributed by atoms with E-state index in [1.807, 2.05) is 0 Å². The molecule has 14 heavy (non-hydrogen) atoms. The molecule has 1 nitrogen and oxygen atoms in total. The molecule has 1 aromatic carbocycles. The zero-order valence-corrected chi connectivity index (χ0v) is 8.67. The van der Waals surface area contributed by atoms with Gasteiger partial charge in [0.2, 0.25) is 0 Å². The van der Waals surface area contributed by atoms with E-state index in [4.69, 9.17) is 0 Å². The summed E-state index contributed by atoms with van der Waals surface area (Å²) in [6.45, 7) is 4.45. The molecule has 2 aliphatic rings. The zero-order chi connectivity index (χ0) is 9.71. The predicted octanol–water partition coefficient (Wildman–Crippen LogP) is 3.21. The van der Waals surface area contributed by atoms with Crippen LogP contribution in [0.1, 0.15) is 24.5 Å². The SMILES string of the molecule is Cc1ccc2c(c1)C1=CC(C)CC1N2. The van der Waals surface area contributed by atoms with Crippen LogP contribution in [0.2, 0.25) is 0 Å². The lowest BCUT2D eigenvalue weighted by Gasteiger charge is -2.07. The fraction of sp³-hybridized carbons (Fsp3) is 0.385. The maximum atomic E-state index is 3.59. The van der Waals surface area contributed by atoms with Crippen molar-refractivity contribution in [2.45, 2.75) is 26.3 Å². The minimum atomic E-state index is 0.585. The van der Waals surface area contributed by atoms with Crippen molar-refractivity contribution in [1.29, 1.82) is 0 Å². The molecule has 0 fully saturated rings. The van der Waals surface area contributed by atoms with E-state index in [1.54, 1.807) is 0 Å². The van der Waals surface area contributed by atoms with Gasteiger partial charge in [-0.1, -0.05) is 24.6 Å². The van der Waals surface area contributed by atoms with Crippen LogP contribution in [0.15, 0.2) is 24.3 Å². The number of hydrogen-bond acceptors (Lipinski definition) is 1. The highest BCUT2D eigenvalue weighted by Crippen LogP contribution is 2.42. The molecular weight excluding hydrogens is 170 g/mol. The second kappa shape index (κ2) is 2.63. The van der Waals surface area contributed by atoms with Crippen LogP contribution in [0.4, 0.5) is 5.69 Å². The molecule has 0 amide bonds. The van der Waals surface area contributed by atoms with Gasteiger partial charge in [-0.25, -0.2) is 0 Å². The Morgan fingerprint density at radius 3 is 3.07 bits per heavy atom. The minimum Gasteiger partial charge on any atom is -0.378 e. The average molecular weight is 185 g/mol. The molecule has 2 atom stereocenters. The number of allylic oxidation sites excluding steroid dienone is 1. The highest BCUT2D eigenvalue weighted by molar-refractivity contribution is 5.88. The third-order valence-corrected chi connectivity index (χ3v) is 3.26. The molecule has 0 radical (unpaired) electrons. The number of rotatable bonds is 0. The molecule has 1 aliphatic heterocycles. The summed E-state index contributed by atoms with van der Waals surface area (Å²) in [5.74, 6) is 0.733. The summed E-state index contributed by atoms with van der Waals surface area (Å²) in [5, 5.41) is 3.59. The summed E-state index contributed by atoms with van der Waals surface area (Å²) >= 11 is 0. The van der Waals surface area contributed by atoms with Crippen molar-refractivity contribution < 1.29 is 0 Å². The lowest BCUT2D eigenvalue weighted by Crippen LogP contribution is -2.11. The van der Waals surface area contributed by atoms with Crippen molar-refractivity contribution in [2.75, 3.05) is 5.32 Å². The maximum Gasteiger partial charge on any atom is 0.0523 e. The molecule has 3 rings (SSSR count). The summed E-state index contributed by atoms with van der Waals surface area (Å²) in [4.78, 5) is 0. The number of hydrogen-bond donors (Lipinski definition) is 1. The zero-order valence-electron chi connectivity index (χ0n) is 8.67. The van der Waals surface area contributed by atoms with Crippen LogP contribution in [-0.2, 0) is 0 Å². The molecule has 1 heteroatoms. The van der Waals surface area contributed by atoms with E-state index in [0.717, 1.165) is 5.92 Å². The second-order valence-electron chi connectivity index (χ2n) is 4.58. The van der Waals surface area contributed by atoms with E-state index in [0.29, 0.717) is 6.04 Å². The van der Waals surface area contributed by atoms with E-state index in [1.165, 1.54) is 28.8 Å². The molecule has 1 aromatic rings. The molecule has 0 aromatic heterocycles. The molecule has 1 aliphatic carbocycles. The van der Waals surface area contributed by atoms with Gasteiger partial charge in [0.1, 0.15) is 0 Å². The minimum absolute atomic E-state index is 0.585. The Kier molecular flexibility index (Phi) is 1.52. The lowest BCUT2D eigenvalue weighted by molar-refractivity contribution is 0.669. The highest BCUT2D eigenvalue weighted by atomic mass is 15.0. The first kappa shape index (κ1) is 8.10. The maximum absolute atomic E-state index is 3.59. The van der Waals surface area contributed by atoms with Crippen molar-refractivity contribution in [3.05, 3.63) is 35.4 Å². The Balaban J connectivity index is 2.14. The normalized spacial score (nSPS) is 28.0. The van der Waals surface area contributed by atoms with Gasteiger partial charge in [0, 0.05) is 11.3 Å². The van der Waals surface area contributed by atoms with Gasteiger partial charge in [0.05, 0.1) is 6.04 Å². The summed E-state index contributed by atoms with van der Waals surface area (Å²) in [7, 11) is 0. The van der Waals surface area contributed by atoms with E-state index < -0.39 is 0 Å². The third-order valence-electron chi connectivity index (χ3n) is 3.26. The molecule has 0 saturated heterocycles. The van der Waals surface area contributed by atoms with E-state index >= 15 is 0 Å². The fourth-order valence-corrected chi connectivity index (χ4v) is 2.61. The van der Waals surface area contributed by atoms with E-state index in [-0.39, 0.29) is 0 Å². The molecule has 0 spiro atoms. The molecule has 1 N–H and O–H groups in total. The van der Waals surface area contributed by atoms with Crippen LogP contribution in [0.3, 0.4) is 0 Å². The Morgan fingerprint density at radius 1 is 1.36 bits per heavy atom. The Hall–Kier alpha value is -1.24. The number of aryl methyl sites for hydroxylation is 1. The number of benzene rings is 1. The summed E-state index contributed by atoms with van der Waals surface area (Å²) in [6.07, 6.45) is 3.67. The van der Waals surface area contributed by atoms with Gasteiger partial charge in [-0.05, 0) is 37.0 Å². The molecule has 0 bridgehead atoms. The largest absolute Gasteiger partial charge is 0.378 e. The fourth-order valence-electron chi connectivity index (χ4n) is 2.61. The summed E-state index contributed by atoms with van der Waals surface area (Å²) < 4.78 is 0. The third kappa shape index (κ3) is 1.02. The van der Waals surface area contributed by atoms with Gasteiger partial charge in [-0.2, -0.15) is 0 Å². The predicted molar refractivity (Wildman–Crippen MR) is 60.3 cm³/mol. The van der Waals surface area contributed by atoms with Crippen LogP contribution >= 0.6 is 0 Å². The Morgan fingerprint density at radius 2 is 2.21 bits per heavy atom. The van der Waals surface area contributed by atoms with Gasteiger partial charge in [-0.15, -0.1) is 0 Å². The summed E-state index contributed by atoms with van der Waals surface area (Å²) in [6, 6.07) is 7.26. The highest BCUT2D eigenvalue weighted by Gasteiger charge is 2.31. The molecular formula is C13H15N. The Bertz CT molecular complexity index is 417. The van der Waals surface area contributed by atoms with Gasteiger partial charge in [-0.3, -0.25) is 0 Å². The number of fused-ring (bicyclic) bond motifs is 3. The number of anilines is 1. The lowest BCUT2D eigenvalue weighted by atomic mass is 10.0. The topological polar surface area (TPSA) is 12.0 Å². The van der Waals surface area contributed by atoms with Crippen molar-refractivity contribution in [3.63, 3.8) is 0 Å². The van der Waals surface area contributed by atoms with Crippen LogP contribution in [-0.4, -0.2) is 6.04 Å². The first-order chi connectivity index (χ1) is 6.74. The van der Waals surface area contributed by atoms with Gasteiger partial charge in [0.15, 0.2) is 0 Å². The van der Waals surface area contributed by atoms with Crippen molar-refractivity contribution >= 4 is 11.3 Å². The molecule has 72 valence electrons. The van der Waals surface area contributed by atoms with Crippen LogP contribution in [0.25, 0.3) is 5.57 Å². The quantitative estimate of drug-likeness (QED) is 0.654. The van der Waals surface area contributed by atoms with Crippen LogP contribution in [0.5, 0.6) is 0 Å². The van der Waals surface area contributed by atoms with Crippen molar-refractivity contribution in [1.82, 2.24) is 0 Å². The smallest absolute Gasteiger partial charge is 0.0523 e. The van der Waals surface area contributed by atoms with Crippen LogP contribution in [0, 0.1) is 12.8 Å². The number of nitrogens with one attached hydrogen (secondary N) is 1. The van der Waals surface area contributed by atoms with Gasteiger partial charge in [0.25, 0.3) is 0 Å². The summed E-state index contributed by atoms with van der Waals surface area (Å²) in [5.41, 5.74) is 5.63. The Labute approximate surface area is 84.8 Å². The first-order valence-corrected chi connectivity index (χ1v) is 5.33. The molecule has 2 unspecified atom stereocenters. The average Bonchev–Trinajstić information content (AvgIpc) is 2.62. The molecule has 1 heterocycles. The van der Waals surface area contributed by atoms with E-state index in [2.05, 4.69) is 43.4 Å². The monoisotopic (exact) mass is 185 g/mol. The van der Waals surface area contributed by atoms with E-state index in [9.17, 15) is 0 Å². The van der Waals surface area contributed by atoms with Crippen LogP contribution < -0.4 is 5.32 Å². The standard InChI is InChI=1S/C13H15N/c1-8-3-4-12-10(5-8)11-6-9(2)7-13(11)14-12/h3-6,9,13-14H,7H2,1-2H3. The second-order valence-corrected chi connectivity index (χ2v) is 4.58. The van der Waals surface area contributed by atoms with Gasteiger partial charge >= 0.3 is 0 Å². The van der Waals surface area contributed by atoms with Crippen molar-refractivity contribution in [2.24, 2.45) is 5.92 Å². The van der Waals surface area contributed by atoms with Crippen molar-refractivity contribution in [3.8, 4) is 0 Å². The van der Waals surface area contributed by atoms with Gasteiger partial charge < -0.3 is 5.32 Å².